The highest BCUT2D eigenvalue weighted by atomic mass is 16.5. The zero-order chi connectivity index (χ0) is 14.3. The van der Waals surface area contributed by atoms with Gasteiger partial charge in [-0.05, 0) is 44.0 Å². The van der Waals surface area contributed by atoms with Gasteiger partial charge in [-0.1, -0.05) is 26.0 Å². The molecule has 0 radical (unpaired) electrons. The van der Waals surface area contributed by atoms with E-state index in [4.69, 9.17) is 10.5 Å². The first-order valence-corrected chi connectivity index (χ1v) is 7.14. The normalized spacial score (nSPS) is 13.2. The standard InChI is InChI=1S/C16H28N2O/c1-13(2)8-10-19-11-9-18(4)14(3)15-6-5-7-16(17)12-15/h5-7,12-14H,8-11,17H2,1-4H3. The molecule has 1 aromatic carbocycles. The smallest absolute Gasteiger partial charge is 0.0593 e. The van der Waals surface area contributed by atoms with E-state index >= 15 is 0 Å². The fourth-order valence-corrected chi connectivity index (χ4v) is 1.90. The first-order chi connectivity index (χ1) is 9.00. The molecule has 1 rings (SSSR count). The van der Waals surface area contributed by atoms with Gasteiger partial charge in [0.25, 0.3) is 0 Å². The molecule has 0 aromatic heterocycles. The minimum Gasteiger partial charge on any atom is -0.399 e. The van der Waals surface area contributed by atoms with Crippen LogP contribution in [0.5, 0.6) is 0 Å². The van der Waals surface area contributed by atoms with Gasteiger partial charge in [-0.15, -0.1) is 0 Å². The maximum atomic E-state index is 5.82. The number of hydrogen-bond acceptors (Lipinski definition) is 3. The predicted octanol–water partition coefficient (Wildman–Crippen LogP) is 3.32. The number of hydrogen-bond donors (Lipinski definition) is 1. The maximum absolute atomic E-state index is 5.82. The number of nitrogen functional groups attached to an aromatic ring is 1. The molecule has 1 unspecified atom stereocenters. The van der Waals surface area contributed by atoms with Gasteiger partial charge in [0.1, 0.15) is 0 Å². The van der Waals surface area contributed by atoms with Gasteiger partial charge in [-0.3, -0.25) is 4.90 Å². The zero-order valence-electron chi connectivity index (χ0n) is 12.7. The number of likely N-dealkylation sites (N-methyl/N-ethyl adjacent to an activating group) is 1. The molecule has 2 N–H and O–H groups in total. The highest BCUT2D eigenvalue weighted by molar-refractivity contribution is 5.41. The molecule has 19 heavy (non-hydrogen) atoms. The lowest BCUT2D eigenvalue weighted by atomic mass is 10.1. The van der Waals surface area contributed by atoms with Crippen LogP contribution in [0.2, 0.25) is 0 Å². The van der Waals surface area contributed by atoms with Crippen LogP contribution in [-0.4, -0.2) is 31.7 Å². The number of ether oxygens (including phenoxy) is 1. The van der Waals surface area contributed by atoms with Crippen molar-refractivity contribution in [2.75, 3.05) is 32.5 Å². The third-order valence-corrected chi connectivity index (χ3v) is 3.48. The molecule has 0 fully saturated rings. The molecule has 3 nitrogen and oxygen atoms in total. The summed E-state index contributed by atoms with van der Waals surface area (Å²) in [6.07, 6.45) is 1.13. The van der Waals surface area contributed by atoms with Gasteiger partial charge in [0.05, 0.1) is 6.61 Å². The minimum atomic E-state index is 0.359. The Hall–Kier alpha value is -1.06. The van der Waals surface area contributed by atoms with Gasteiger partial charge in [-0.2, -0.15) is 0 Å². The van der Waals surface area contributed by atoms with Crippen molar-refractivity contribution in [3.8, 4) is 0 Å². The van der Waals surface area contributed by atoms with E-state index in [0.717, 1.165) is 31.9 Å². The summed E-state index contributed by atoms with van der Waals surface area (Å²) < 4.78 is 5.66. The average Bonchev–Trinajstić information content (AvgIpc) is 2.36. The SMILES string of the molecule is CC(C)CCOCCN(C)C(C)c1cccc(N)c1. The molecule has 0 aliphatic rings. The quantitative estimate of drug-likeness (QED) is 0.578. The van der Waals surface area contributed by atoms with Crippen LogP contribution in [0, 0.1) is 5.92 Å². The molecule has 108 valence electrons. The second-order valence-electron chi connectivity index (χ2n) is 5.62. The van der Waals surface area contributed by atoms with Crippen LogP contribution in [0.25, 0.3) is 0 Å². The van der Waals surface area contributed by atoms with Crippen molar-refractivity contribution in [1.29, 1.82) is 0 Å². The van der Waals surface area contributed by atoms with Crippen LogP contribution >= 0.6 is 0 Å². The second kappa shape index (κ2) is 8.18. The van der Waals surface area contributed by atoms with Gasteiger partial charge in [-0.25, -0.2) is 0 Å². The zero-order valence-corrected chi connectivity index (χ0v) is 12.7. The summed E-state index contributed by atoms with van der Waals surface area (Å²) in [6.45, 7) is 9.22. The Kier molecular flexibility index (Phi) is 6.89. The largest absolute Gasteiger partial charge is 0.399 e. The Morgan fingerprint density at radius 2 is 1.95 bits per heavy atom. The number of benzene rings is 1. The lowest BCUT2D eigenvalue weighted by Crippen LogP contribution is -2.26. The number of rotatable bonds is 8. The van der Waals surface area contributed by atoms with Crippen LogP contribution in [0.4, 0.5) is 5.69 Å². The minimum absolute atomic E-state index is 0.359. The van der Waals surface area contributed by atoms with Crippen LogP contribution in [0.3, 0.4) is 0 Å². The summed E-state index contributed by atoms with van der Waals surface area (Å²) in [7, 11) is 2.12. The van der Waals surface area contributed by atoms with E-state index in [0.29, 0.717) is 12.0 Å². The van der Waals surface area contributed by atoms with Crippen LogP contribution in [-0.2, 0) is 4.74 Å². The van der Waals surface area contributed by atoms with Crippen LogP contribution in [0.15, 0.2) is 24.3 Å². The molecule has 0 saturated heterocycles. The summed E-state index contributed by atoms with van der Waals surface area (Å²) in [5, 5.41) is 0. The van der Waals surface area contributed by atoms with Gasteiger partial charge in [0, 0.05) is 24.9 Å². The van der Waals surface area contributed by atoms with Crippen LogP contribution in [0.1, 0.15) is 38.8 Å². The van der Waals surface area contributed by atoms with Gasteiger partial charge in [0.2, 0.25) is 0 Å². The van der Waals surface area contributed by atoms with Crippen molar-refractivity contribution in [3.05, 3.63) is 29.8 Å². The van der Waals surface area contributed by atoms with E-state index in [-0.39, 0.29) is 0 Å². The van der Waals surface area contributed by atoms with E-state index in [9.17, 15) is 0 Å². The molecule has 3 heteroatoms. The lowest BCUT2D eigenvalue weighted by molar-refractivity contribution is 0.0935. The molecule has 1 aromatic rings. The Labute approximate surface area is 117 Å². The average molecular weight is 264 g/mol. The lowest BCUT2D eigenvalue weighted by Gasteiger charge is -2.25. The van der Waals surface area contributed by atoms with Crippen molar-refractivity contribution in [2.24, 2.45) is 5.92 Å². The van der Waals surface area contributed by atoms with Gasteiger partial charge < -0.3 is 10.5 Å². The molecular weight excluding hydrogens is 236 g/mol. The van der Waals surface area contributed by atoms with Crippen molar-refractivity contribution in [3.63, 3.8) is 0 Å². The highest BCUT2D eigenvalue weighted by Gasteiger charge is 2.11. The van der Waals surface area contributed by atoms with Crippen LogP contribution < -0.4 is 5.73 Å². The van der Waals surface area contributed by atoms with Gasteiger partial charge >= 0.3 is 0 Å². The predicted molar refractivity (Wildman–Crippen MR) is 82.2 cm³/mol. The Morgan fingerprint density at radius 3 is 2.58 bits per heavy atom. The van der Waals surface area contributed by atoms with Crippen molar-refractivity contribution < 1.29 is 4.74 Å². The summed E-state index contributed by atoms with van der Waals surface area (Å²) >= 11 is 0. The summed E-state index contributed by atoms with van der Waals surface area (Å²) in [5.74, 6) is 0.712. The Morgan fingerprint density at radius 1 is 1.21 bits per heavy atom. The Balaban J connectivity index is 2.31. The Bertz CT molecular complexity index is 366. The summed E-state index contributed by atoms with van der Waals surface area (Å²) in [6, 6.07) is 8.45. The third kappa shape index (κ3) is 6.08. The number of nitrogens with zero attached hydrogens (tertiary/aromatic N) is 1. The molecular formula is C16H28N2O. The highest BCUT2D eigenvalue weighted by Crippen LogP contribution is 2.20. The van der Waals surface area contributed by atoms with Crippen molar-refractivity contribution in [2.45, 2.75) is 33.2 Å². The molecule has 0 spiro atoms. The maximum Gasteiger partial charge on any atom is 0.0593 e. The topological polar surface area (TPSA) is 38.5 Å². The first-order valence-electron chi connectivity index (χ1n) is 7.14. The van der Waals surface area contributed by atoms with Gasteiger partial charge in [0.15, 0.2) is 0 Å². The molecule has 0 amide bonds. The van der Waals surface area contributed by atoms with E-state index in [1.165, 1.54) is 5.56 Å². The first kappa shape index (κ1) is 16.0. The summed E-state index contributed by atoms with van der Waals surface area (Å²) in [4.78, 5) is 2.30. The second-order valence-corrected chi connectivity index (χ2v) is 5.62. The molecule has 0 heterocycles. The third-order valence-electron chi connectivity index (χ3n) is 3.48. The molecule has 0 aliphatic heterocycles. The summed E-state index contributed by atoms with van der Waals surface area (Å²) in [5.41, 5.74) is 7.90. The van der Waals surface area contributed by atoms with E-state index in [1.807, 2.05) is 18.2 Å². The monoisotopic (exact) mass is 264 g/mol. The molecule has 0 saturated carbocycles. The number of nitrogens with two attached hydrogens (primary N) is 1. The van der Waals surface area contributed by atoms with Crippen molar-refractivity contribution >= 4 is 5.69 Å². The fraction of sp³-hybridized carbons (Fsp3) is 0.625. The molecule has 1 atom stereocenters. The number of anilines is 1. The fourth-order valence-electron chi connectivity index (χ4n) is 1.90. The van der Waals surface area contributed by atoms with E-state index in [1.54, 1.807) is 0 Å². The van der Waals surface area contributed by atoms with E-state index in [2.05, 4.69) is 38.8 Å². The van der Waals surface area contributed by atoms with E-state index < -0.39 is 0 Å². The van der Waals surface area contributed by atoms with Crippen molar-refractivity contribution in [1.82, 2.24) is 4.90 Å². The molecule has 0 bridgehead atoms. The molecule has 0 aliphatic carbocycles.